The van der Waals surface area contributed by atoms with Crippen LogP contribution in [0.5, 0.6) is 11.5 Å². The van der Waals surface area contributed by atoms with Gasteiger partial charge in [-0.3, -0.25) is 9.67 Å². The van der Waals surface area contributed by atoms with E-state index in [0.29, 0.717) is 6.04 Å². The zero-order valence-electron chi connectivity index (χ0n) is 20.8. The van der Waals surface area contributed by atoms with Crippen LogP contribution in [0.3, 0.4) is 0 Å². The molecular weight excluding hydrogens is 464 g/mol. The van der Waals surface area contributed by atoms with Crippen molar-refractivity contribution in [1.29, 1.82) is 0 Å². The van der Waals surface area contributed by atoms with Crippen molar-refractivity contribution in [3.63, 3.8) is 0 Å². The SMILES string of the molecule is COc1cc(OC)cc([C@H](NCCNC(C)C)c2ccc3ncc(-c4cnn(C)c4)nc3c2)c1.Cl. The van der Waals surface area contributed by atoms with E-state index in [1.165, 1.54) is 0 Å². The van der Waals surface area contributed by atoms with E-state index in [4.69, 9.17) is 14.5 Å². The third-order valence-corrected chi connectivity index (χ3v) is 5.63. The minimum absolute atomic E-state index is 0. The number of hydrogen-bond donors (Lipinski definition) is 2. The summed E-state index contributed by atoms with van der Waals surface area (Å²) in [5, 5.41) is 11.4. The number of halogens is 1. The molecule has 0 spiro atoms. The molecule has 186 valence electrons. The average molecular weight is 497 g/mol. The zero-order valence-corrected chi connectivity index (χ0v) is 21.6. The van der Waals surface area contributed by atoms with Crippen molar-refractivity contribution in [3.8, 4) is 22.8 Å². The Hall–Kier alpha value is -3.20. The largest absolute Gasteiger partial charge is 0.497 e. The Morgan fingerprint density at radius 2 is 1.60 bits per heavy atom. The third-order valence-electron chi connectivity index (χ3n) is 5.63. The second kappa shape index (κ2) is 12.0. The number of aryl methyl sites for hydroxylation is 1. The summed E-state index contributed by atoms with van der Waals surface area (Å²) in [6, 6.07) is 12.5. The molecule has 4 rings (SSSR count). The third kappa shape index (κ3) is 6.48. The molecule has 2 aromatic heterocycles. The Bertz CT molecular complexity index is 1240. The molecule has 0 radical (unpaired) electrons. The Balaban J connectivity index is 0.00000342. The maximum Gasteiger partial charge on any atom is 0.122 e. The standard InChI is InChI=1S/C26H32N6O2.ClH/c1-17(2)27-8-9-28-26(19-10-21(33-4)13-22(11-19)34-5)18-6-7-23-24(12-18)31-25(15-29-23)20-14-30-32(3)16-20;/h6-7,10-17,26-28H,8-9H2,1-5H3;1H/t26-;/m1./s1. The molecule has 0 aliphatic carbocycles. The number of benzene rings is 2. The average Bonchev–Trinajstić information content (AvgIpc) is 3.29. The van der Waals surface area contributed by atoms with Crippen molar-refractivity contribution in [2.75, 3.05) is 27.3 Å². The number of ether oxygens (including phenoxy) is 2. The van der Waals surface area contributed by atoms with Gasteiger partial charge in [0.25, 0.3) is 0 Å². The molecule has 9 heteroatoms. The fraction of sp³-hybridized carbons (Fsp3) is 0.346. The molecule has 0 aliphatic heterocycles. The van der Waals surface area contributed by atoms with Crippen molar-refractivity contribution in [2.45, 2.75) is 25.9 Å². The van der Waals surface area contributed by atoms with E-state index in [9.17, 15) is 0 Å². The topological polar surface area (TPSA) is 86.1 Å². The number of hydrogen-bond acceptors (Lipinski definition) is 7. The van der Waals surface area contributed by atoms with Gasteiger partial charge in [0.15, 0.2) is 0 Å². The van der Waals surface area contributed by atoms with Crippen LogP contribution in [-0.2, 0) is 7.05 Å². The Kier molecular flexibility index (Phi) is 9.03. The summed E-state index contributed by atoms with van der Waals surface area (Å²) < 4.78 is 12.8. The lowest BCUT2D eigenvalue weighted by molar-refractivity contribution is 0.392. The fourth-order valence-electron chi connectivity index (χ4n) is 3.90. The minimum atomic E-state index is -0.0776. The van der Waals surface area contributed by atoms with Gasteiger partial charge >= 0.3 is 0 Å². The number of nitrogens with one attached hydrogen (secondary N) is 2. The summed E-state index contributed by atoms with van der Waals surface area (Å²) >= 11 is 0. The van der Waals surface area contributed by atoms with Crippen LogP contribution in [0.15, 0.2) is 55.0 Å². The predicted molar refractivity (Wildman–Crippen MR) is 142 cm³/mol. The molecule has 0 amide bonds. The quantitative estimate of drug-likeness (QED) is 0.319. The van der Waals surface area contributed by atoms with Crippen LogP contribution in [0.2, 0.25) is 0 Å². The summed E-state index contributed by atoms with van der Waals surface area (Å²) in [6.45, 7) is 5.94. The summed E-state index contributed by atoms with van der Waals surface area (Å²) in [5.74, 6) is 1.50. The highest BCUT2D eigenvalue weighted by Gasteiger charge is 2.17. The number of aromatic nitrogens is 4. The molecule has 0 aliphatic rings. The maximum atomic E-state index is 5.53. The van der Waals surface area contributed by atoms with Gasteiger partial charge in [0.2, 0.25) is 0 Å². The lowest BCUT2D eigenvalue weighted by Crippen LogP contribution is -2.34. The number of methoxy groups -OCH3 is 2. The van der Waals surface area contributed by atoms with E-state index in [2.05, 4.69) is 46.7 Å². The summed E-state index contributed by atoms with van der Waals surface area (Å²) in [7, 11) is 5.22. The summed E-state index contributed by atoms with van der Waals surface area (Å²) in [4.78, 5) is 9.50. The summed E-state index contributed by atoms with van der Waals surface area (Å²) in [5.41, 5.74) is 5.56. The van der Waals surface area contributed by atoms with Crippen molar-refractivity contribution in [2.24, 2.45) is 7.05 Å². The lowest BCUT2D eigenvalue weighted by atomic mass is 9.97. The van der Waals surface area contributed by atoms with Crippen LogP contribution in [-0.4, -0.2) is 53.1 Å². The first-order valence-electron chi connectivity index (χ1n) is 11.4. The van der Waals surface area contributed by atoms with Crippen molar-refractivity contribution >= 4 is 23.4 Å². The van der Waals surface area contributed by atoms with Crippen molar-refractivity contribution < 1.29 is 9.47 Å². The van der Waals surface area contributed by atoms with E-state index in [1.54, 1.807) is 31.3 Å². The second-order valence-corrected chi connectivity index (χ2v) is 8.55. The van der Waals surface area contributed by atoms with Crippen LogP contribution < -0.4 is 20.1 Å². The first kappa shape index (κ1) is 26.4. The monoisotopic (exact) mass is 496 g/mol. The van der Waals surface area contributed by atoms with Crippen molar-refractivity contribution in [1.82, 2.24) is 30.4 Å². The molecule has 4 aromatic rings. The van der Waals surface area contributed by atoms with E-state index >= 15 is 0 Å². The van der Waals surface area contributed by atoms with Crippen LogP contribution in [0.1, 0.15) is 31.0 Å². The molecule has 0 fully saturated rings. The van der Waals surface area contributed by atoms with E-state index < -0.39 is 0 Å². The molecule has 2 N–H and O–H groups in total. The summed E-state index contributed by atoms with van der Waals surface area (Å²) in [6.07, 6.45) is 5.53. The predicted octanol–water partition coefficient (Wildman–Crippen LogP) is 4.15. The van der Waals surface area contributed by atoms with E-state index in [0.717, 1.165) is 58.0 Å². The molecule has 8 nitrogen and oxygen atoms in total. The molecular formula is C26H33ClN6O2. The first-order valence-corrected chi connectivity index (χ1v) is 11.4. The van der Waals surface area contributed by atoms with Crippen LogP contribution in [0.25, 0.3) is 22.3 Å². The number of fused-ring (bicyclic) bond motifs is 1. The normalized spacial score (nSPS) is 11.9. The molecule has 0 bridgehead atoms. The first-order chi connectivity index (χ1) is 16.5. The van der Waals surface area contributed by atoms with Gasteiger partial charge in [-0.05, 0) is 35.4 Å². The van der Waals surface area contributed by atoms with Gasteiger partial charge in [0.1, 0.15) is 11.5 Å². The lowest BCUT2D eigenvalue weighted by Gasteiger charge is -2.22. The zero-order chi connectivity index (χ0) is 24.1. The van der Waals surface area contributed by atoms with Gasteiger partial charge < -0.3 is 20.1 Å². The highest BCUT2D eigenvalue weighted by Crippen LogP contribution is 2.31. The van der Waals surface area contributed by atoms with E-state index in [-0.39, 0.29) is 18.4 Å². The Labute approximate surface area is 212 Å². The van der Waals surface area contributed by atoms with Gasteiger partial charge in [-0.2, -0.15) is 5.10 Å². The maximum absolute atomic E-state index is 5.53. The molecule has 2 aromatic carbocycles. The van der Waals surface area contributed by atoms with Crippen LogP contribution >= 0.6 is 12.4 Å². The molecule has 0 saturated carbocycles. The Morgan fingerprint density at radius 3 is 2.23 bits per heavy atom. The van der Waals surface area contributed by atoms with Gasteiger partial charge in [-0.25, -0.2) is 4.98 Å². The van der Waals surface area contributed by atoms with Crippen LogP contribution in [0.4, 0.5) is 0 Å². The van der Waals surface area contributed by atoms with Gasteiger partial charge in [0, 0.05) is 44.0 Å². The highest BCUT2D eigenvalue weighted by atomic mass is 35.5. The molecule has 1 atom stereocenters. The van der Waals surface area contributed by atoms with Gasteiger partial charge in [0.05, 0.1) is 49.4 Å². The highest BCUT2D eigenvalue weighted by molar-refractivity contribution is 5.85. The second-order valence-electron chi connectivity index (χ2n) is 8.55. The molecule has 35 heavy (non-hydrogen) atoms. The number of rotatable bonds is 10. The molecule has 2 heterocycles. The van der Waals surface area contributed by atoms with Crippen molar-refractivity contribution in [3.05, 3.63) is 66.1 Å². The fourth-order valence-corrected chi connectivity index (χ4v) is 3.90. The smallest absolute Gasteiger partial charge is 0.122 e. The number of nitrogens with zero attached hydrogens (tertiary/aromatic N) is 4. The Morgan fingerprint density at radius 1 is 0.886 bits per heavy atom. The van der Waals surface area contributed by atoms with Gasteiger partial charge in [-0.15, -0.1) is 12.4 Å². The minimum Gasteiger partial charge on any atom is -0.497 e. The molecule has 0 saturated heterocycles. The van der Waals surface area contributed by atoms with Gasteiger partial charge in [-0.1, -0.05) is 19.9 Å². The molecule has 0 unspecified atom stereocenters. The van der Waals surface area contributed by atoms with E-state index in [1.807, 2.05) is 37.5 Å². The van der Waals surface area contributed by atoms with Crippen LogP contribution in [0, 0.1) is 0 Å².